The Labute approximate surface area is 143 Å². The number of rotatable bonds is 4. The van der Waals surface area contributed by atoms with Crippen LogP contribution in [0.5, 0.6) is 0 Å². The summed E-state index contributed by atoms with van der Waals surface area (Å²) < 4.78 is 6.76. The highest BCUT2D eigenvalue weighted by molar-refractivity contribution is 5.77. The predicted molar refractivity (Wildman–Crippen MR) is 96.3 cm³/mol. The number of para-hydroxylation sites is 1. The molecule has 0 saturated heterocycles. The summed E-state index contributed by atoms with van der Waals surface area (Å²) >= 11 is 0. The van der Waals surface area contributed by atoms with Crippen molar-refractivity contribution in [3.8, 4) is 11.3 Å². The average molecular weight is 332 g/mol. The molecule has 25 heavy (non-hydrogen) atoms. The quantitative estimate of drug-likeness (QED) is 0.619. The molecule has 0 radical (unpaired) electrons. The smallest absolute Gasteiger partial charge is 0.280 e. The van der Waals surface area contributed by atoms with Crippen LogP contribution in [-0.4, -0.2) is 14.8 Å². The second-order valence-corrected chi connectivity index (χ2v) is 5.59. The van der Waals surface area contributed by atoms with E-state index in [0.29, 0.717) is 34.7 Å². The molecule has 4 aromatic rings. The van der Waals surface area contributed by atoms with Gasteiger partial charge in [-0.1, -0.05) is 54.5 Å². The van der Waals surface area contributed by atoms with Gasteiger partial charge in [0.15, 0.2) is 0 Å². The molecule has 0 aliphatic heterocycles. The lowest BCUT2D eigenvalue weighted by Crippen LogP contribution is -2.30. The zero-order valence-corrected chi connectivity index (χ0v) is 13.6. The normalized spacial score (nSPS) is 10.9. The van der Waals surface area contributed by atoms with Crippen LogP contribution in [0, 0.1) is 0 Å². The summed E-state index contributed by atoms with van der Waals surface area (Å²) in [5.74, 6) is 1.01. The number of nitrogens with zero attached hydrogens (tertiary/aromatic N) is 3. The summed E-state index contributed by atoms with van der Waals surface area (Å²) in [6.45, 7) is 1.95. The zero-order chi connectivity index (χ0) is 17.2. The van der Waals surface area contributed by atoms with Gasteiger partial charge in [-0.05, 0) is 12.1 Å². The molecule has 0 unspecified atom stereocenters. The van der Waals surface area contributed by atoms with E-state index >= 15 is 0 Å². The van der Waals surface area contributed by atoms with Crippen LogP contribution in [0.15, 0.2) is 70.0 Å². The second-order valence-electron chi connectivity index (χ2n) is 5.59. The van der Waals surface area contributed by atoms with Crippen LogP contribution < -0.4 is 11.0 Å². The number of hydrogen-bond acceptors (Lipinski definition) is 5. The van der Waals surface area contributed by atoms with E-state index in [9.17, 15) is 4.79 Å². The molecule has 0 atom stereocenters. The third kappa shape index (κ3) is 2.78. The van der Waals surface area contributed by atoms with Gasteiger partial charge in [0.25, 0.3) is 5.56 Å². The van der Waals surface area contributed by atoms with Crippen molar-refractivity contribution in [1.82, 2.24) is 14.8 Å². The van der Waals surface area contributed by atoms with Gasteiger partial charge in [0, 0.05) is 18.1 Å². The van der Waals surface area contributed by atoms with Crippen LogP contribution in [0.3, 0.4) is 0 Å². The first-order valence-corrected chi connectivity index (χ1v) is 8.06. The molecule has 0 bridgehead atoms. The Balaban J connectivity index is 1.75. The minimum absolute atomic E-state index is 0.167. The van der Waals surface area contributed by atoms with Gasteiger partial charge in [0.2, 0.25) is 5.88 Å². The molecule has 0 amide bonds. The fourth-order valence-electron chi connectivity index (χ4n) is 2.71. The maximum absolute atomic E-state index is 12.8. The number of benzene rings is 2. The first kappa shape index (κ1) is 15.1. The van der Waals surface area contributed by atoms with Crippen molar-refractivity contribution >= 4 is 16.8 Å². The third-order valence-electron chi connectivity index (χ3n) is 3.96. The maximum atomic E-state index is 12.8. The van der Waals surface area contributed by atoms with Gasteiger partial charge < -0.3 is 4.52 Å². The summed E-state index contributed by atoms with van der Waals surface area (Å²) in [6, 6.07) is 18.8. The molecule has 0 fully saturated rings. The topological polar surface area (TPSA) is 73.0 Å². The van der Waals surface area contributed by atoms with Gasteiger partial charge >= 0.3 is 0 Å². The summed E-state index contributed by atoms with van der Waals surface area (Å²) in [5.41, 5.74) is 5.15. The van der Waals surface area contributed by atoms with E-state index in [0.717, 1.165) is 5.56 Å². The summed E-state index contributed by atoms with van der Waals surface area (Å²) in [4.78, 5) is 17.3. The number of fused-ring (bicyclic) bond motifs is 1. The first-order valence-electron chi connectivity index (χ1n) is 8.06. The molecule has 0 saturated carbocycles. The highest BCUT2D eigenvalue weighted by Crippen LogP contribution is 2.21. The minimum Gasteiger partial charge on any atom is -0.336 e. The Morgan fingerprint density at radius 1 is 1.08 bits per heavy atom. The van der Waals surface area contributed by atoms with Crippen LogP contribution in [0.4, 0.5) is 5.88 Å². The average Bonchev–Trinajstić information content (AvgIpc) is 3.13. The van der Waals surface area contributed by atoms with Crippen LogP contribution in [-0.2, 0) is 6.42 Å². The highest BCUT2D eigenvalue weighted by atomic mass is 16.5. The molecule has 6 nitrogen and oxygen atoms in total. The van der Waals surface area contributed by atoms with Crippen molar-refractivity contribution in [1.29, 1.82) is 0 Å². The van der Waals surface area contributed by atoms with Gasteiger partial charge in [-0.3, -0.25) is 10.2 Å². The van der Waals surface area contributed by atoms with Crippen LogP contribution in [0.2, 0.25) is 0 Å². The molecule has 1 N–H and O–H groups in total. The van der Waals surface area contributed by atoms with Crippen molar-refractivity contribution in [2.24, 2.45) is 0 Å². The van der Waals surface area contributed by atoms with E-state index in [4.69, 9.17) is 4.52 Å². The summed E-state index contributed by atoms with van der Waals surface area (Å²) in [6.07, 6.45) is 0.604. The number of nitrogens with one attached hydrogen (secondary N) is 1. The van der Waals surface area contributed by atoms with Gasteiger partial charge in [-0.15, -0.1) is 0 Å². The van der Waals surface area contributed by atoms with Gasteiger partial charge in [0.05, 0.1) is 10.9 Å². The fraction of sp³-hybridized carbons (Fsp3) is 0.105. The third-order valence-corrected chi connectivity index (χ3v) is 3.96. The van der Waals surface area contributed by atoms with Gasteiger partial charge in [-0.2, -0.15) is 0 Å². The molecule has 2 aromatic carbocycles. The number of aryl methyl sites for hydroxylation is 1. The minimum atomic E-state index is -0.167. The lowest BCUT2D eigenvalue weighted by molar-refractivity contribution is 0.430. The first-order chi connectivity index (χ1) is 12.3. The lowest BCUT2D eigenvalue weighted by Gasteiger charge is -2.11. The largest absolute Gasteiger partial charge is 0.336 e. The Morgan fingerprint density at radius 2 is 1.84 bits per heavy atom. The lowest BCUT2D eigenvalue weighted by atomic mass is 10.2. The van der Waals surface area contributed by atoms with Crippen LogP contribution in [0.25, 0.3) is 22.2 Å². The molecule has 4 rings (SSSR count). The van der Waals surface area contributed by atoms with Gasteiger partial charge in [0.1, 0.15) is 11.5 Å². The molecule has 124 valence electrons. The number of hydrogen-bond donors (Lipinski definition) is 1. The Hall–Kier alpha value is -3.41. The van der Waals surface area contributed by atoms with E-state index in [-0.39, 0.29) is 5.56 Å². The molecule has 2 heterocycles. The summed E-state index contributed by atoms with van der Waals surface area (Å²) in [7, 11) is 0. The molecule has 6 heteroatoms. The van der Waals surface area contributed by atoms with Crippen molar-refractivity contribution in [2.45, 2.75) is 13.3 Å². The molecule has 2 aromatic heterocycles. The van der Waals surface area contributed by atoms with E-state index < -0.39 is 0 Å². The van der Waals surface area contributed by atoms with Crippen molar-refractivity contribution < 1.29 is 4.52 Å². The van der Waals surface area contributed by atoms with E-state index in [2.05, 4.69) is 15.6 Å². The second kappa shape index (κ2) is 6.24. The fourth-order valence-corrected chi connectivity index (χ4v) is 2.71. The predicted octanol–water partition coefficient (Wildman–Crippen LogP) is 3.49. The molecular formula is C19H16N4O2. The SMILES string of the molecule is CCc1nc2ccccc2c(=O)n1Nc1cc(-c2ccccc2)no1. The summed E-state index contributed by atoms with van der Waals surface area (Å²) in [5, 5.41) is 4.61. The Kier molecular flexibility index (Phi) is 3.78. The molecular weight excluding hydrogens is 316 g/mol. The van der Waals surface area contributed by atoms with E-state index in [1.807, 2.05) is 55.5 Å². The number of anilines is 1. The van der Waals surface area contributed by atoms with Crippen molar-refractivity contribution in [3.05, 3.63) is 76.8 Å². The molecule has 0 aliphatic carbocycles. The Morgan fingerprint density at radius 3 is 2.64 bits per heavy atom. The Bertz CT molecular complexity index is 1080. The van der Waals surface area contributed by atoms with E-state index in [1.165, 1.54) is 4.68 Å². The van der Waals surface area contributed by atoms with E-state index in [1.54, 1.807) is 12.1 Å². The zero-order valence-electron chi connectivity index (χ0n) is 13.6. The monoisotopic (exact) mass is 332 g/mol. The highest BCUT2D eigenvalue weighted by Gasteiger charge is 2.12. The van der Waals surface area contributed by atoms with Crippen LogP contribution in [0.1, 0.15) is 12.7 Å². The maximum Gasteiger partial charge on any atom is 0.280 e. The standard InChI is InChI=1S/C19H16N4O2/c1-2-17-20-15-11-7-6-10-14(15)19(24)23(17)21-18-12-16(22-25-18)13-8-4-3-5-9-13/h3-12,21H,2H2,1H3. The number of aromatic nitrogens is 3. The molecule has 0 spiro atoms. The van der Waals surface area contributed by atoms with Gasteiger partial charge in [-0.25, -0.2) is 9.66 Å². The molecule has 0 aliphatic rings. The van der Waals surface area contributed by atoms with Crippen molar-refractivity contribution in [2.75, 3.05) is 5.43 Å². The van der Waals surface area contributed by atoms with Crippen LogP contribution >= 0.6 is 0 Å². The van der Waals surface area contributed by atoms with Crippen molar-refractivity contribution in [3.63, 3.8) is 0 Å².